The quantitative estimate of drug-likeness (QED) is 0.269. The minimum absolute atomic E-state index is 0.0150. The molecule has 1 saturated carbocycles. The number of halogens is 3. The zero-order valence-corrected chi connectivity index (χ0v) is 20.7. The van der Waals surface area contributed by atoms with E-state index in [0.29, 0.717) is 5.69 Å². The van der Waals surface area contributed by atoms with E-state index in [-0.39, 0.29) is 35.8 Å². The molecule has 3 heterocycles. The van der Waals surface area contributed by atoms with Crippen LogP contribution in [0.5, 0.6) is 0 Å². The molecular weight excluding hydrogens is 537 g/mol. The number of aryl methyl sites for hydroxylation is 1. The molecule has 4 N–H and O–H groups in total. The summed E-state index contributed by atoms with van der Waals surface area (Å²) >= 11 is 0. The molecule has 4 atom stereocenters. The summed E-state index contributed by atoms with van der Waals surface area (Å²) in [5.41, 5.74) is 0.351. The van der Waals surface area contributed by atoms with Crippen LogP contribution < -0.4 is 10.0 Å². The number of nitrogens with one attached hydrogen (secondary N) is 2. The summed E-state index contributed by atoms with van der Waals surface area (Å²) in [5.74, 6) is -1.82. The molecule has 0 spiro atoms. The fourth-order valence-corrected chi connectivity index (χ4v) is 4.52. The van der Waals surface area contributed by atoms with Crippen molar-refractivity contribution in [1.82, 2.24) is 24.5 Å². The molecule has 1 aliphatic rings. The van der Waals surface area contributed by atoms with Crippen molar-refractivity contribution < 1.29 is 45.2 Å². The summed E-state index contributed by atoms with van der Waals surface area (Å²) in [4.78, 5) is 21.1. The van der Waals surface area contributed by atoms with Crippen LogP contribution in [0, 0.1) is 6.92 Å². The predicted molar refractivity (Wildman–Crippen MR) is 122 cm³/mol. The van der Waals surface area contributed by atoms with Crippen molar-refractivity contribution in [3.8, 4) is 0 Å². The maximum Gasteiger partial charge on any atom is 0.449 e. The molecule has 4 rings (SSSR count). The molecule has 1 aliphatic carbocycles. The highest BCUT2D eigenvalue weighted by Gasteiger charge is 2.44. The standard InChI is InChI=1S/C21H23F3N6O7S/c1-10-5-14(29-30(10)8-11-3-4-16(36-11)21(22,23)24)17(31)12-7-26-9-27-20(12)28-13-6-15(19(33)18(13)32)37-38(34,35)25-2/h3-5,7,9,13,15,18-19,25,32-33H,6,8H2,1-2H3,(H,26,27,28)/t13-,15-,18+,19+/m1/s1. The van der Waals surface area contributed by atoms with Crippen LogP contribution in [0.1, 0.15) is 39.7 Å². The van der Waals surface area contributed by atoms with Crippen molar-refractivity contribution in [2.45, 2.75) is 50.4 Å². The number of hydrogen-bond acceptors (Lipinski definition) is 11. The third kappa shape index (κ3) is 5.86. The van der Waals surface area contributed by atoms with E-state index in [1.54, 1.807) is 6.92 Å². The lowest BCUT2D eigenvalue weighted by atomic mass is 10.1. The van der Waals surface area contributed by atoms with E-state index in [4.69, 9.17) is 8.60 Å². The van der Waals surface area contributed by atoms with Crippen LogP contribution in [-0.4, -0.2) is 75.6 Å². The molecular formula is C21H23F3N6O7S. The van der Waals surface area contributed by atoms with Crippen LogP contribution in [0.3, 0.4) is 0 Å². The summed E-state index contributed by atoms with van der Waals surface area (Å²) in [5, 5.41) is 27.6. The normalized spacial score (nSPS) is 22.1. The highest BCUT2D eigenvalue weighted by molar-refractivity contribution is 7.84. The molecule has 0 aliphatic heterocycles. The Morgan fingerprint density at radius 1 is 1.29 bits per heavy atom. The summed E-state index contributed by atoms with van der Waals surface area (Å²) in [6.45, 7) is 1.45. The lowest BCUT2D eigenvalue weighted by Crippen LogP contribution is -2.38. The topological polar surface area (TPSA) is 182 Å². The second-order valence-electron chi connectivity index (χ2n) is 8.47. The monoisotopic (exact) mass is 560 g/mol. The summed E-state index contributed by atoms with van der Waals surface area (Å²) in [7, 11) is -3.02. The third-order valence-corrected chi connectivity index (χ3v) is 6.87. The molecule has 206 valence electrons. The minimum Gasteiger partial charge on any atom is -0.455 e. The molecule has 0 radical (unpaired) electrons. The Morgan fingerprint density at radius 2 is 2.03 bits per heavy atom. The minimum atomic E-state index is -4.63. The number of hydrogen-bond donors (Lipinski definition) is 4. The first kappa shape index (κ1) is 27.6. The molecule has 0 bridgehead atoms. The van der Waals surface area contributed by atoms with Gasteiger partial charge in [0.1, 0.15) is 41.9 Å². The number of aliphatic hydroxyl groups is 2. The molecule has 3 aromatic heterocycles. The van der Waals surface area contributed by atoms with E-state index in [9.17, 15) is 36.6 Å². The Labute approximate surface area is 213 Å². The lowest BCUT2D eigenvalue weighted by Gasteiger charge is -2.19. The van der Waals surface area contributed by atoms with Gasteiger partial charge in [0.2, 0.25) is 11.5 Å². The number of rotatable bonds is 9. The van der Waals surface area contributed by atoms with Gasteiger partial charge in [-0.15, -0.1) is 0 Å². The SMILES string of the molecule is CNS(=O)(=O)O[C@@H]1C[C@@H](Nc2ncncc2C(=O)c2cc(C)n(Cc3ccc(C(F)(F)F)o3)n2)[C@H](O)[C@H]1O. The third-order valence-electron chi connectivity index (χ3n) is 5.87. The molecule has 0 aromatic carbocycles. The molecule has 13 nitrogen and oxygen atoms in total. The van der Waals surface area contributed by atoms with Gasteiger partial charge in [0, 0.05) is 25.4 Å². The Hall–Kier alpha value is -3.38. The highest BCUT2D eigenvalue weighted by atomic mass is 32.2. The fourth-order valence-electron chi connectivity index (χ4n) is 3.91. The average molecular weight is 561 g/mol. The lowest BCUT2D eigenvalue weighted by molar-refractivity contribution is -0.153. The van der Waals surface area contributed by atoms with E-state index < -0.39 is 52.4 Å². The molecule has 0 unspecified atom stereocenters. The summed E-state index contributed by atoms with van der Waals surface area (Å²) in [6.07, 6.45) is -6.71. The Balaban J connectivity index is 1.52. The summed E-state index contributed by atoms with van der Waals surface area (Å²) < 4.78 is 74.7. The number of nitrogens with zero attached hydrogens (tertiary/aromatic N) is 4. The smallest absolute Gasteiger partial charge is 0.449 e. The van der Waals surface area contributed by atoms with Crippen LogP contribution in [0.4, 0.5) is 19.0 Å². The second kappa shape index (κ2) is 10.4. The molecule has 38 heavy (non-hydrogen) atoms. The van der Waals surface area contributed by atoms with Crippen molar-refractivity contribution in [3.05, 3.63) is 59.2 Å². The van der Waals surface area contributed by atoms with Gasteiger partial charge in [0.15, 0.2) is 0 Å². The molecule has 1 fully saturated rings. The number of carbonyl (C=O) groups is 1. The van der Waals surface area contributed by atoms with Gasteiger partial charge in [-0.05, 0) is 25.1 Å². The molecule has 0 amide bonds. The van der Waals surface area contributed by atoms with E-state index in [1.807, 2.05) is 4.72 Å². The van der Waals surface area contributed by atoms with Crippen LogP contribution >= 0.6 is 0 Å². The van der Waals surface area contributed by atoms with Gasteiger partial charge in [0.25, 0.3) is 0 Å². The number of carbonyl (C=O) groups excluding carboxylic acids is 1. The Kier molecular flexibility index (Phi) is 7.57. The Bertz CT molecular complexity index is 1420. The van der Waals surface area contributed by atoms with Gasteiger partial charge < -0.3 is 19.9 Å². The number of furan rings is 1. The van der Waals surface area contributed by atoms with Crippen molar-refractivity contribution in [2.75, 3.05) is 12.4 Å². The van der Waals surface area contributed by atoms with Crippen molar-refractivity contribution >= 4 is 21.9 Å². The first-order chi connectivity index (χ1) is 17.8. The van der Waals surface area contributed by atoms with Gasteiger partial charge in [-0.3, -0.25) is 13.7 Å². The Morgan fingerprint density at radius 3 is 2.68 bits per heavy atom. The van der Waals surface area contributed by atoms with Crippen LogP contribution in [0.2, 0.25) is 0 Å². The number of aliphatic hydroxyl groups excluding tert-OH is 2. The molecule has 3 aromatic rings. The van der Waals surface area contributed by atoms with Gasteiger partial charge >= 0.3 is 16.5 Å². The second-order valence-corrected chi connectivity index (χ2v) is 9.98. The highest BCUT2D eigenvalue weighted by Crippen LogP contribution is 2.31. The average Bonchev–Trinajstić information content (AvgIpc) is 3.55. The molecule has 17 heteroatoms. The van der Waals surface area contributed by atoms with Crippen molar-refractivity contribution in [1.29, 1.82) is 0 Å². The van der Waals surface area contributed by atoms with Crippen molar-refractivity contribution in [3.63, 3.8) is 0 Å². The van der Waals surface area contributed by atoms with E-state index in [2.05, 4.69) is 20.4 Å². The number of alkyl halides is 3. The van der Waals surface area contributed by atoms with Gasteiger partial charge in [0.05, 0.1) is 18.2 Å². The van der Waals surface area contributed by atoms with E-state index in [1.165, 1.54) is 23.0 Å². The first-order valence-electron chi connectivity index (χ1n) is 11.1. The fraction of sp³-hybridized carbons (Fsp3) is 0.429. The number of ketones is 1. The van der Waals surface area contributed by atoms with Gasteiger partial charge in [-0.25, -0.2) is 9.97 Å². The largest absolute Gasteiger partial charge is 0.455 e. The van der Waals surface area contributed by atoms with Crippen LogP contribution in [0.15, 0.2) is 35.1 Å². The van der Waals surface area contributed by atoms with Crippen LogP contribution in [0.25, 0.3) is 0 Å². The van der Waals surface area contributed by atoms with Crippen molar-refractivity contribution in [2.24, 2.45) is 0 Å². The maximum atomic E-state index is 13.2. The number of aromatic nitrogens is 4. The van der Waals surface area contributed by atoms with Gasteiger partial charge in [-0.1, -0.05) is 0 Å². The first-order valence-corrected chi connectivity index (χ1v) is 12.5. The zero-order valence-electron chi connectivity index (χ0n) is 19.9. The van der Waals surface area contributed by atoms with E-state index >= 15 is 0 Å². The number of anilines is 1. The van der Waals surface area contributed by atoms with Crippen LogP contribution in [-0.2, 0) is 27.2 Å². The zero-order chi connectivity index (χ0) is 27.8. The maximum absolute atomic E-state index is 13.2. The predicted octanol–water partition coefficient (Wildman–Crippen LogP) is 0.628. The molecule has 0 saturated heterocycles. The van der Waals surface area contributed by atoms with Gasteiger partial charge in [-0.2, -0.15) is 31.4 Å². The van der Waals surface area contributed by atoms with E-state index in [0.717, 1.165) is 19.4 Å². The summed E-state index contributed by atoms with van der Waals surface area (Å²) in [6, 6.07) is 2.45.